The van der Waals surface area contributed by atoms with Gasteiger partial charge in [-0.25, -0.2) is 4.98 Å². The number of rotatable bonds is 8. The van der Waals surface area contributed by atoms with Gasteiger partial charge in [0.15, 0.2) is 0 Å². The highest BCUT2D eigenvalue weighted by molar-refractivity contribution is 5.78. The van der Waals surface area contributed by atoms with Crippen LogP contribution in [-0.4, -0.2) is 34.6 Å². The van der Waals surface area contributed by atoms with Crippen LogP contribution in [0.5, 0.6) is 0 Å². The Labute approximate surface area is 116 Å². The molecule has 0 aliphatic heterocycles. The Balaban J connectivity index is 2.16. The van der Waals surface area contributed by atoms with Crippen molar-refractivity contribution in [2.24, 2.45) is 5.73 Å². The molecule has 0 aliphatic carbocycles. The number of aromatic nitrogens is 1. The average Bonchev–Trinajstić information content (AvgIpc) is 2.37. The molecule has 0 aliphatic rings. The SMILES string of the molecule is N[C@@H](CCCCNC(=O)Cc1ccnc(F)c1)C(=O)O. The monoisotopic (exact) mass is 283 g/mol. The van der Waals surface area contributed by atoms with Crippen molar-refractivity contribution < 1.29 is 19.1 Å². The van der Waals surface area contributed by atoms with Gasteiger partial charge in [0, 0.05) is 12.7 Å². The summed E-state index contributed by atoms with van der Waals surface area (Å²) in [6.45, 7) is 0.443. The third-order valence-electron chi connectivity index (χ3n) is 2.74. The molecule has 0 spiro atoms. The van der Waals surface area contributed by atoms with Crippen molar-refractivity contribution >= 4 is 11.9 Å². The van der Waals surface area contributed by atoms with Crippen molar-refractivity contribution in [1.29, 1.82) is 0 Å². The first-order valence-corrected chi connectivity index (χ1v) is 6.34. The van der Waals surface area contributed by atoms with Gasteiger partial charge in [0.2, 0.25) is 11.9 Å². The molecule has 0 bridgehead atoms. The lowest BCUT2D eigenvalue weighted by Gasteiger charge is -2.07. The van der Waals surface area contributed by atoms with Crippen LogP contribution in [0.25, 0.3) is 0 Å². The molecule has 0 fully saturated rings. The average molecular weight is 283 g/mol. The van der Waals surface area contributed by atoms with Gasteiger partial charge in [-0.05, 0) is 37.0 Å². The maximum atomic E-state index is 12.8. The number of nitrogens with zero attached hydrogens (tertiary/aromatic N) is 1. The van der Waals surface area contributed by atoms with Crippen molar-refractivity contribution in [3.63, 3.8) is 0 Å². The summed E-state index contributed by atoms with van der Waals surface area (Å²) in [5.41, 5.74) is 5.90. The normalized spacial score (nSPS) is 11.9. The summed E-state index contributed by atoms with van der Waals surface area (Å²) in [5.74, 6) is -1.84. The number of pyridine rings is 1. The number of carboxylic acid groups (broad SMARTS) is 1. The smallest absolute Gasteiger partial charge is 0.320 e. The lowest BCUT2D eigenvalue weighted by Crippen LogP contribution is -2.30. The molecule has 1 rings (SSSR count). The first-order chi connectivity index (χ1) is 9.49. The number of amides is 1. The van der Waals surface area contributed by atoms with Crippen molar-refractivity contribution in [3.8, 4) is 0 Å². The largest absolute Gasteiger partial charge is 0.480 e. The van der Waals surface area contributed by atoms with Crippen molar-refractivity contribution in [2.75, 3.05) is 6.54 Å². The third kappa shape index (κ3) is 6.24. The maximum Gasteiger partial charge on any atom is 0.320 e. The number of hydrogen-bond acceptors (Lipinski definition) is 4. The molecular weight excluding hydrogens is 265 g/mol. The molecule has 1 aromatic rings. The second-order valence-electron chi connectivity index (χ2n) is 4.45. The summed E-state index contributed by atoms with van der Waals surface area (Å²) in [6, 6.07) is 1.94. The Morgan fingerprint density at radius 3 is 2.85 bits per heavy atom. The van der Waals surface area contributed by atoms with E-state index in [-0.39, 0.29) is 12.3 Å². The van der Waals surface area contributed by atoms with Gasteiger partial charge in [-0.2, -0.15) is 4.39 Å². The number of aliphatic carboxylic acids is 1. The summed E-state index contributed by atoms with van der Waals surface area (Å²) in [5, 5.41) is 11.3. The lowest BCUT2D eigenvalue weighted by molar-refractivity contribution is -0.138. The number of halogens is 1. The summed E-state index contributed by atoms with van der Waals surface area (Å²) in [6.07, 6.45) is 3.05. The minimum absolute atomic E-state index is 0.0913. The van der Waals surface area contributed by atoms with E-state index >= 15 is 0 Å². The van der Waals surface area contributed by atoms with Crippen LogP contribution in [0, 0.1) is 5.95 Å². The van der Waals surface area contributed by atoms with Gasteiger partial charge in [-0.15, -0.1) is 0 Å². The van der Waals surface area contributed by atoms with Gasteiger partial charge in [0.05, 0.1) is 6.42 Å². The molecule has 0 radical (unpaired) electrons. The lowest BCUT2D eigenvalue weighted by atomic mass is 10.1. The molecule has 1 heterocycles. The molecule has 0 unspecified atom stereocenters. The molecule has 7 heteroatoms. The molecule has 6 nitrogen and oxygen atoms in total. The standard InChI is InChI=1S/C13H18FN3O3/c14-11-7-9(4-6-16-11)8-12(18)17-5-2-1-3-10(15)13(19)20/h4,6-7,10H,1-3,5,8,15H2,(H,17,18)(H,19,20)/t10-/m0/s1. The third-order valence-corrected chi connectivity index (χ3v) is 2.74. The predicted molar refractivity (Wildman–Crippen MR) is 70.4 cm³/mol. The topological polar surface area (TPSA) is 105 Å². The number of hydrogen-bond donors (Lipinski definition) is 3. The van der Waals surface area contributed by atoms with Crippen molar-refractivity contribution in [2.45, 2.75) is 31.7 Å². The van der Waals surface area contributed by atoms with E-state index in [2.05, 4.69) is 10.3 Å². The molecular formula is C13H18FN3O3. The number of unbranched alkanes of at least 4 members (excludes halogenated alkanes) is 1. The van der Waals surface area contributed by atoms with Crippen LogP contribution >= 0.6 is 0 Å². The second kappa shape index (κ2) is 8.21. The molecule has 1 aromatic heterocycles. The Kier molecular flexibility index (Phi) is 6.58. The van der Waals surface area contributed by atoms with E-state index in [1.807, 2.05) is 0 Å². The Hall–Kier alpha value is -2.02. The van der Waals surface area contributed by atoms with E-state index in [0.29, 0.717) is 31.4 Å². The molecule has 1 amide bonds. The van der Waals surface area contributed by atoms with Crippen molar-refractivity contribution in [1.82, 2.24) is 10.3 Å². The zero-order valence-electron chi connectivity index (χ0n) is 11.0. The Bertz CT molecular complexity index is 468. The van der Waals surface area contributed by atoms with Crippen LogP contribution in [0.3, 0.4) is 0 Å². The van der Waals surface area contributed by atoms with E-state index in [1.165, 1.54) is 12.3 Å². The summed E-state index contributed by atoms with van der Waals surface area (Å²) >= 11 is 0. The second-order valence-corrected chi connectivity index (χ2v) is 4.45. The quantitative estimate of drug-likeness (QED) is 0.475. The summed E-state index contributed by atoms with van der Waals surface area (Å²) < 4.78 is 12.8. The maximum absolute atomic E-state index is 12.8. The van der Waals surface area contributed by atoms with E-state index in [1.54, 1.807) is 6.07 Å². The number of carbonyl (C=O) groups is 2. The minimum atomic E-state index is -1.02. The van der Waals surface area contributed by atoms with E-state index in [4.69, 9.17) is 10.8 Å². The van der Waals surface area contributed by atoms with Gasteiger partial charge in [0.1, 0.15) is 6.04 Å². The van der Waals surface area contributed by atoms with E-state index in [9.17, 15) is 14.0 Å². The zero-order valence-corrected chi connectivity index (χ0v) is 11.0. The van der Waals surface area contributed by atoms with Crippen LogP contribution in [0.2, 0.25) is 0 Å². The zero-order chi connectivity index (χ0) is 15.0. The van der Waals surface area contributed by atoms with Gasteiger partial charge < -0.3 is 16.2 Å². The molecule has 20 heavy (non-hydrogen) atoms. The van der Waals surface area contributed by atoms with Crippen LogP contribution in [0.15, 0.2) is 18.3 Å². The molecule has 0 saturated heterocycles. The summed E-state index contributed by atoms with van der Waals surface area (Å²) in [7, 11) is 0. The van der Waals surface area contributed by atoms with Gasteiger partial charge in [-0.1, -0.05) is 0 Å². The number of carbonyl (C=O) groups excluding carboxylic acids is 1. The Morgan fingerprint density at radius 2 is 2.20 bits per heavy atom. The van der Waals surface area contributed by atoms with Gasteiger partial charge >= 0.3 is 5.97 Å². The highest BCUT2D eigenvalue weighted by Crippen LogP contribution is 2.02. The molecule has 0 aromatic carbocycles. The van der Waals surface area contributed by atoms with Crippen LogP contribution in [0.4, 0.5) is 4.39 Å². The highest BCUT2D eigenvalue weighted by atomic mass is 19.1. The van der Waals surface area contributed by atoms with Crippen LogP contribution in [-0.2, 0) is 16.0 Å². The number of carboxylic acids is 1. The summed E-state index contributed by atoms with van der Waals surface area (Å²) in [4.78, 5) is 25.4. The van der Waals surface area contributed by atoms with Gasteiger partial charge in [-0.3, -0.25) is 9.59 Å². The molecule has 1 atom stereocenters. The fraction of sp³-hybridized carbons (Fsp3) is 0.462. The Morgan fingerprint density at radius 1 is 1.45 bits per heavy atom. The number of nitrogens with two attached hydrogens (primary N) is 1. The van der Waals surface area contributed by atoms with Crippen LogP contribution in [0.1, 0.15) is 24.8 Å². The van der Waals surface area contributed by atoms with E-state index in [0.717, 1.165) is 0 Å². The predicted octanol–water partition coefficient (Wildman–Crippen LogP) is 0.462. The first-order valence-electron chi connectivity index (χ1n) is 6.34. The minimum Gasteiger partial charge on any atom is -0.480 e. The van der Waals surface area contributed by atoms with E-state index < -0.39 is 18.0 Å². The molecule has 0 saturated carbocycles. The van der Waals surface area contributed by atoms with Crippen LogP contribution < -0.4 is 11.1 Å². The first kappa shape index (κ1) is 16.0. The molecule has 110 valence electrons. The van der Waals surface area contributed by atoms with Crippen molar-refractivity contribution in [3.05, 3.63) is 29.8 Å². The number of nitrogens with one attached hydrogen (secondary N) is 1. The fourth-order valence-electron chi connectivity index (χ4n) is 1.64. The fourth-order valence-corrected chi connectivity index (χ4v) is 1.64. The highest BCUT2D eigenvalue weighted by Gasteiger charge is 2.10. The van der Waals surface area contributed by atoms with Gasteiger partial charge in [0.25, 0.3) is 0 Å². The molecule has 4 N–H and O–H groups in total.